The monoisotopic (exact) mass is 447 g/mol. The topological polar surface area (TPSA) is 114 Å². The van der Waals surface area contributed by atoms with Crippen LogP contribution >= 0.6 is 11.6 Å². The molecule has 1 fully saturated rings. The van der Waals surface area contributed by atoms with Crippen LogP contribution in [0.1, 0.15) is 27.7 Å². The van der Waals surface area contributed by atoms with Gasteiger partial charge in [0.1, 0.15) is 11.6 Å². The molecule has 1 heterocycles. The van der Waals surface area contributed by atoms with E-state index in [1.165, 1.54) is 29.4 Å². The molecular weight excluding hydrogens is 422 g/mol. The standard InChI is InChI=1S/C18H26ClN3O6S/c1-12(20-17(24)28-18(2,3)4)16(23)21-15-11-13(5-6-14(15)19)29(25,26)22-7-9-27-10-8-22/h5-6,11-12H,7-10H2,1-4H3,(H,20,24)(H,21,23). The first kappa shape index (κ1) is 23.4. The zero-order chi connectivity index (χ0) is 21.8. The first-order chi connectivity index (χ1) is 13.4. The van der Waals surface area contributed by atoms with Crippen molar-refractivity contribution in [3.05, 3.63) is 23.2 Å². The Kier molecular flexibility index (Phi) is 7.50. The number of benzene rings is 1. The van der Waals surface area contributed by atoms with Crippen molar-refractivity contribution in [3.63, 3.8) is 0 Å². The Morgan fingerprint density at radius 1 is 1.24 bits per heavy atom. The Morgan fingerprint density at radius 3 is 2.45 bits per heavy atom. The molecule has 0 aromatic heterocycles. The molecular formula is C18H26ClN3O6S. The second kappa shape index (κ2) is 9.29. The maximum absolute atomic E-state index is 12.8. The van der Waals surface area contributed by atoms with E-state index in [0.717, 1.165) is 0 Å². The fraction of sp³-hybridized carbons (Fsp3) is 0.556. The number of nitrogens with zero attached hydrogens (tertiary/aromatic N) is 1. The number of sulfonamides is 1. The molecule has 0 saturated carbocycles. The van der Waals surface area contributed by atoms with Gasteiger partial charge in [-0.15, -0.1) is 0 Å². The van der Waals surface area contributed by atoms with Crippen molar-refractivity contribution in [1.29, 1.82) is 0 Å². The zero-order valence-corrected chi connectivity index (χ0v) is 18.4. The Labute approximate surface area is 175 Å². The highest BCUT2D eigenvalue weighted by Crippen LogP contribution is 2.27. The highest BCUT2D eigenvalue weighted by molar-refractivity contribution is 7.89. The van der Waals surface area contributed by atoms with Crippen molar-refractivity contribution >= 4 is 39.3 Å². The number of carbonyl (C=O) groups is 2. The molecule has 11 heteroatoms. The fourth-order valence-corrected chi connectivity index (χ4v) is 4.09. The SMILES string of the molecule is CC(NC(=O)OC(C)(C)C)C(=O)Nc1cc(S(=O)(=O)N2CCOCC2)ccc1Cl. The first-order valence-electron chi connectivity index (χ1n) is 9.08. The summed E-state index contributed by atoms with van der Waals surface area (Å²) in [5, 5.41) is 5.13. The third-order valence-electron chi connectivity index (χ3n) is 3.93. The minimum absolute atomic E-state index is 0.00635. The van der Waals surface area contributed by atoms with Crippen molar-refractivity contribution in [3.8, 4) is 0 Å². The Hall–Kier alpha value is -1.88. The van der Waals surface area contributed by atoms with Crippen molar-refractivity contribution in [2.75, 3.05) is 31.6 Å². The van der Waals surface area contributed by atoms with Crippen LogP contribution in [0, 0.1) is 0 Å². The predicted octanol–water partition coefficient (Wildman–Crippen LogP) is 2.21. The van der Waals surface area contributed by atoms with Gasteiger partial charge in [0.2, 0.25) is 15.9 Å². The van der Waals surface area contributed by atoms with Crippen molar-refractivity contribution < 1.29 is 27.5 Å². The van der Waals surface area contributed by atoms with Crippen LogP contribution in [0.25, 0.3) is 0 Å². The smallest absolute Gasteiger partial charge is 0.408 e. The lowest BCUT2D eigenvalue weighted by Gasteiger charge is -2.26. The number of rotatable bonds is 5. The molecule has 0 radical (unpaired) electrons. The lowest BCUT2D eigenvalue weighted by Crippen LogP contribution is -2.44. The van der Waals surface area contributed by atoms with Crippen molar-refractivity contribution in [2.45, 2.75) is 44.2 Å². The van der Waals surface area contributed by atoms with E-state index in [9.17, 15) is 18.0 Å². The number of ether oxygens (including phenoxy) is 2. The zero-order valence-electron chi connectivity index (χ0n) is 16.8. The fourth-order valence-electron chi connectivity index (χ4n) is 2.49. The summed E-state index contributed by atoms with van der Waals surface area (Å²) in [5.74, 6) is -0.571. The van der Waals surface area contributed by atoms with E-state index >= 15 is 0 Å². The Bertz CT molecular complexity index is 863. The number of amides is 2. The van der Waals surface area contributed by atoms with E-state index in [-0.39, 0.29) is 28.7 Å². The van der Waals surface area contributed by atoms with Gasteiger partial charge in [-0.05, 0) is 45.9 Å². The molecule has 0 bridgehead atoms. The number of halogens is 1. The average Bonchev–Trinajstić information content (AvgIpc) is 2.62. The van der Waals surface area contributed by atoms with E-state index in [0.29, 0.717) is 13.2 Å². The van der Waals surface area contributed by atoms with Crippen LogP contribution in [0.4, 0.5) is 10.5 Å². The van der Waals surface area contributed by atoms with Gasteiger partial charge < -0.3 is 20.1 Å². The van der Waals surface area contributed by atoms with Gasteiger partial charge in [0, 0.05) is 13.1 Å². The molecule has 0 aliphatic carbocycles. The number of alkyl carbamates (subject to hydrolysis) is 1. The number of anilines is 1. The lowest BCUT2D eigenvalue weighted by molar-refractivity contribution is -0.117. The third kappa shape index (κ3) is 6.56. The molecule has 1 aromatic rings. The highest BCUT2D eigenvalue weighted by Gasteiger charge is 2.27. The average molecular weight is 448 g/mol. The molecule has 1 unspecified atom stereocenters. The number of hydrogen-bond acceptors (Lipinski definition) is 6. The van der Waals surface area contributed by atoms with Gasteiger partial charge in [0.25, 0.3) is 0 Å². The van der Waals surface area contributed by atoms with E-state index in [1.807, 2.05) is 0 Å². The summed E-state index contributed by atoms with van der Waals surface area (Å²) in [5.41, 5.74) is -0.574. The van der Waals surface area contributed by atoms with Gasteiger partial charge in [-0.3, -0.25) is 4.79 Å². The summed E-state index contributed by atoms with van der Waals surface area (Å²) in [7, 11) is -3.74. The van der Waals surface area contributed by atoms with Crippen LogP contribution in [0.15, 0.2) is 23.1 Å². The predicted molar refractivity (Wildman–Crippen MR) is 108 cm³/mol. The second-order valence-electron chi connectivity index (χ2n) is 7.52. The van der Waals surface area contributed by atoms with Crippen molar-refractivity contribution in [1.82, 2.24) is 9.62 Å². The van der Waals surface area contributed by atoms with Gasteiger partial charge >= 0.3 is 6.09 Å². The Morgan fingerprint density at radius 2 is 1.86 bits per heavy atom. The first-order valence-corrected chi connectivity index (χ1v) is 10.9. The second-order valence-corrected chi connectivity index (χ2v) is 9.86. The number of morpholine rings is 1. The summed E-state index contributed by atoms with van der Waals surface area (Å²) >= 11 is 6.12. The molecule has 1 aliphatic rings. The van der Waals surface area contributed by atoms with Gasteiger partial charge in [-0.1, -0.05) is 11.6 Å². The highest BCUT2D eigenvalue weighted by atomic mass is 35.5. The van der Waals surface area contributed by atoms with Gasteiger partial charge in [-0.25, -0.2) is 13.2 Å². The van der Waals surface area contributed by atoms with Crippen molar-refractivity contribution in [2.24, 2.45) is 0 Å². The molecule has 2 amide bonds. The molecule has 1 aromatic carbocycles. The Balaban J connectivity index is 2.11. The van der Waals surface area contributed by atoms with Gasteiger partial charge in [-0.2, -0.15) is 4.31 Å². The minimum atomic E-state index is -3.74. The van der Waals surface area contributed by atoms with Crippen LogP contribution in [0.2, 0.25) is 5.02 Å². The van der Waals surface area contributed by atoms with Gasteiger partial charge in [0.05, 0.1) is 28.8 Å². The molecule has 29 heavy (non-hydrogen) atoms. The molecule has 1 atom stereocenters. The molecule has 9 nitrogen and oxygen atoms in total. The summed E-state index contributed by atoms with van der Waals surface area (Å²) in [6, 6.07) is 3.15. The number of hydrogen-bond donors (Lipinski definition) is 2. The van der Waals surface area contributed by atoms with E-state index < -0.39 is 33.7 Å². The van der Waals surface area contributed by atoms with Crippen LogP contribution in [-0.4, -0.2) is 62.7 Å². The number of nitrogens with one attached hydrogen (secondary N) is 2. The number of carbonyl (C=O) groups excluding carboxylic acids is 2. The van der Waals surface area contributed by atoms with E-state index in [1.54, 1.807) is 20.8 Å². The summed E-state index contributed by atoms with van der Waals surface area (Å²) in [6.07, 6.45) is -0.741. The van der Waals surface area contributed by atoms with E-state index in [2.05, 4.69) is 10.6 Å². The van der Waals surface area contributed by atoms with Crippen LogP contribution in [0.5, 0.6) is 0 Å². The molecule has 162 valence electrons. The maximum Gasteiger partial charge on any atom is 0.408 e. The van der Waals surface area contributed by atoms with Crippen LogP contribution in [0.3, 0.4) is 0 Å². The molecule has 2 rings (SSSR count). The third-order valence-corrected chi connectivity index (χ3v) is 6.15. The molecule has 2 N–H and O–H groups in total. The maximum atomic E-state index is 12.8. The molecule has 1 saturated heterocycles. The van der Waals surface area contributed by atoms with Crippen LogP contribution < -0.4 is 10.6 Å². The summed E-state index contributed by atoms with van der Waals surface area (Å²) < 4.78 is 37.2. The largest absolute Gasteiger partial charge is 0.444 e. The lowest BCUT2D eigenvalue weighted by atomic mass is 10.2. The quantitative estimate of drug-likeness (QED) is 0.715. The minimum Gasteiger partial charge on any atom is -0.444 e. The molecule has 1 aliphatic heterocycles. The summed E-state index contributed by atoms with van der Waals surface area (Å²) in [6.45, 7) is 7.75. The molecule has 0 spiro atoms. The van der Waals surface area contributed by atoms with Gasteiger partial charge in [0.15, 0.2) is 0 Å². The summed E-state index contributed by atoms with van der Waals surface area (Å²) in [4.78, 5) is 24.2. The van der Waals surface area contributed by atoms with Crippen LogP contribution in [-0.2, 0) is 24.3 Å². The van der Waals surface area contributed by atoms with E-state index in [4.69, 9.17) is 21.1 Å². The normalized spacial score (nSPS) is 16.7.